The van der Waals surface area contributed by atoms with E-state index in [1.165, 1.54) is 19.2 Å². The van der Waals surface area contributed by atoms with E-state index in [9.17, 15) is 13.2 Å². The molecule has 0 aliphatic rings. The van der Waals surface area contributed by atoms with Crippen molar-refractivity contribution in [1.82, 2.24) is 10.0 Å². The van der Waals surface area contributed by atoms with Crippen molar-refractivity contribution in [2.75, 3.05) is 20.3 Å². The van der Waals surface area contributed by atoms with Gasteiger partial charge in [0.2, 0.25) is 15.9 Å². The highest BCUT2D eigenvalue weighted by molar-refractivity contribution is 14.1. The predicted molar refractivity (Wildman–Crippen MR) is 108 cm³/mol. The number of methoxy groups -OCH3 is 1. The van der Waals surface area contributed by atoms with Gasteiger partial charge in [-0.3, -0.25) is 4.79 Å². The number of carbonyl (C=O) groups is 1. The second kappa shape index (κ2) is 10.0. The van der Waals surface area contributed by atoms with Crippen molar-refractivity contribution in [3.63, 3.8) is 0 Å². The van der Waals surface area contributed by atoms with Gasteiger partial charge >= 0.3 is 0 Å². The summed E-state index contributed by atoms with van der Waals surface area (Å²) < 4.78 is 33.7. The van der Waals surface area contributed by atoms with E-state index in [-0.39, 0.29) is 17.2 Å². The molecular formula is C18H21IN2O4S. The van der Waals surface area contributed by atoms with E-state index in [1.54, 1.807) is 12.1 Å². The lowest BCUT2D eigenvalue weighted by Crippen LogP contribution is -2.48. The monoisotopic (exact) mass is 488 g/mol. The zero-order valence-electron chi connectivity index (χ0n) is 14.3. The molecule has 0 saturated carbocycles. The quantitative estimate of drug-likeness (QED) is 0.418. The molecule has 0 saturated heterocycles. The molecule has 6 nitrogen and oxygen atoms in total. The van der Waals surface area contributed by atoms with Crippen LogP contribution >= 0.6 is 22.6 Å². The zero-order valence-corrected chi connectivity index (χ0v) is 17.3. The van der Waals surface area contributed by atoms with Gasteiger partial charge in [-0.1, -0.05) is 30.3 Å². The normalized spacial score (nSPS) is 12.5. The lowest BCUT2D eigenvalue weighted by atomic mass is 10.1. The fraction of sp³-hybridized carbons (Fsp3) is 0.278. The number of ether oxygens (including phenoxy) is 1. The average molecular weight is 488 g/mol. The molecule has 26 heavy (non-hydrogen) atoms. The maximum Gasteiger partial charge on any atom is 0.241 e. The van der Waals surface area contributed by atoms with Crippen LogP contribution in [0.25, 0.3) is 0 Å². The van der Waals surface area contributed by atoms with Crippen LogP contribution in [0.2, 0.25) is 0 Å². The number of carbonyl (C=O) groups excluding carboxylic acids is 1. The molecule has 0 aliphatic carbocycles. The smallest absolute Gasteiger partial charge is 0.241 e. The van der Waals surface area contributed by atoms with Crippen LogP contribution in [-0.4, -0.2) is 40.6 Å². The highest BCUT2D eigenvalue weighted by atomic mass is 127. The Morgan fingerprint density at radius 3 is 2.38 bits per heavy atom. The van der Waals surface area contributed by atoms with Crippen LogP contribution in [0.3, 0.4) is 0 Å². The third-order valence-electron chi connectivity index (χ3n) is 3.63. The second-order valence-corrected chi connectivity index (χ2v) is 8.56. The van der Waals surface area contributed by atoms with Crippen molar-refractivity contribution >= 4 is 38.5 Å². The Bertz CT molecular complexity index is 811. The van der Waals surface area contributed by atoms with Crippen molar-refractivity contribution < 1.29 is 17.9 Å². The summed E-state index contributed by atoms with van der Waals surface area (Å²) >= 11 is 2.10. The first-order valence-corrected chi connectivity index (χ1v) is 10.6. The molecule has 2 N–H and O–H groups in total. The van der Waals surface area contributed by atoms with E-state index in [1.807, 2.05) is 30.3 Å². The average Bonchev–Trinajstić information content (AvgIpc) is 2.62. The van der Waals surface area contributed by atoms with Gasteiger partial charge in [0.25, 0.3) is 0 Å². The molecule has 0 fully saturated rings. The first-order chi connectivity index (χ1) is 12.4. The second-order valence-electron chi connectivity index (χ2n) is 5.60. The van der Waals surface area contributed by atoms with Crippen LogP contribution in [0, 0.1) is 3.57 Å². The van der Waals surface area contributed by atoms with Gasteiger partial charge in [0.05, 0.1) is 11.5 Å². The minimum absolute atomic E-state index is 0.126. The molecule has 2 aromatic rings. The summed E-state index contributed by atoms with van der Waals surface area (Å²) in [6.07, 6.45) is 0.253. The Morgan fingerprint density at radius 2 is 1.77 bits per heavy atom. The van der Waals surface area contributed by atoms with E-state index in [0.29, 0.717) is 13.2 Å². The number of hydrogen-bond donors (Lipinski definition) is 2. The van der Waals surface area contributed by atoms with Crippen LogP contribution in [0.1, 0.15) is 5.56 Å². The highest BCUT2D eigenvalue weighted by Crippen LogP contribution is 2.13. The van der Waals surface area contributed by atoms with Gasteiger partial charge in [0.15, 0.2) is 0 Å². The first kappa shape index (κ1) is 20.8. The Kier molecular flexibility index (Phi) is 8.01. The standard InChI is InChI=1S/C18H21IN2O4S/c1-25-12-11-20-18(22)17(13-14-5-3-2-4-6-14)21-26(23,24)16-9-7-15(19)8-10-16/h2-10,17,21H,11-13H2,1H3,(H,20,22). The lowest BCUT2D eigenvalue weighted by molar-refractivity contribution is -0.122. The van der Waals surface area contributed by atoms with Crippen molar-refractivity contribution in [3.05, 3.63) is 63.7 Å². The van der Waals surface area contributed by atoms with Crippen molar-refractivity contribution in [3.8, 4) is 0 Å². The van der Waals surface area contributed by atoms with Gasteiger partial charge in [-0.15, -0.1) is 0 Å². The van der Waals surface area contributed by atoms with E-state index >= 15 is 0 Å². The molecule has 1 amide bonds. The van der Waals surface area contributed by atoms with Crippen molar-refractivity contribution in [2.45, 2.75) is 17.4 Å². The number of hydrogen-bond acceptors (Lipinski definition) is 4. The number of sulfonamides is 1. The molecule has 0 aromatic heterocycles. The summed E-state index contributed by atoms with van der Waals surface area (Å²) in [5.41, 5.74) is 0.865. The molecule has 140 valence electrons. The van der Waals surface area contributed by atoms with Gasteiger partial charge in [-0.2, -0.15) is 4.72 Å². The summed E-state index contributed by atoms with van der Waals surface area (Å²) in [4.78, 5) is 12.6. The lowest BCUT2D eigenvalue weighted by Gasteiger charge is -2.19. The molecule has 2 rings (SSSR count). The fourth-order valence-electron chi connectivity index (χ4n) is 2.31. The van der Waals surface area contributed by atoms with Gasteiger partial charge in [-0.05, 0) is 58.8 Å². The summed E-state index contributed by atoms with van der Waals surface area (Å²) in [5, 5.41) is 2.70. The Hall–Kier alpha value is -1.49. The fourth-order valence-corrected chi connectivity index (χ4v) is 3.86. The van der Waals surface area contributed by atoms with Crippen LogP contribution in [0.4, 0.5) is 0 Å². The van der Waals surface area contributed by atoms with Crippen molar-refractivity contribution in [2.24, 2.45) is 0 Å². The Labute approximate surface area is 167 Å². The topological polar surface area (TPSA) is 84.5 Å². The Morgan fingerprint density at radius 1 is 1.12 bits per heavy atom. The molecule has 0 aliphatic heterocycles. The minimum Gasteiger partial charge on any atom is -0.383 e. The van der Waals surface area contributed by atoms with E-state index in [2.05, 4.69) is 32.6 Å². The van der Waals surface area contributed by atoms with Crippen LogP contribution in [0.15, 0.2) is 59.5 Å². The van der Waals surface area contributed by atoms with Gasteiger partial charge in [0.1, 0.15) is 6.04 Å². The maximum absolute atomic E-state index is 12.7. The number of nitrogens with one attached hydrogen (secondary N) is 2. The zero-order chi connectivity index (χ0) is 19.0. The molecule has 8 heteroatoms. The largest absolute Gasteiger partial charge is 0.383 e. The predicted octanol–water partition coefficient (Wildman–Crippen LogP) is 1.94. The number of halogens is 1. The number of benzene rings is 2. The third-order valence-corrected chi connectivity index (χ3v) is 5.83. The van der Waals surface area contributed by atoms with Gasteiger partial charge < -0.3 is 10.1 Å². The number of rotatable bonds is 9. The number of amides is 1. The molecule has 0 spiro atoms. The van der Waals surface area contributed by atoms with E-state index < -0.39 is 16.1 Å². The van der Waals surface area contributed by atoms with Crippen molar-refractivity contribution in [1.29, 1.82) is 0 Å². The SMILES string of the molecule is COCCNC(=O)C(Cc1ccccc1)NS(=O)(=O)c1ccc(I)cc1. The Balaban J connectivity index is 2.19. The molecule has 1 unspecified atom stereocenters. The maximum atomic E-state index is 12.7. The van der Waals surface area contributed by atoms with E-state index in [4.69, 9.17) is 4.74 Å². The first-order valence-electron chi connectivity index (χ1n) is 8.01. The minimum atomic E-state index is -3.82. The molecule has 0 heterocycles. The van der Waals surface area contributed by atoms with Crippen LogP contribution < -0.4 is 10.0 Å². The third kappa shape index (κ3) is 6.35. The molecular weight excluding hydrogens is 467 g/mol. The van der Waals surface area contributed by atoms with E-state index in [0.717, 1.165) is 9.13 Å². The van der Waals surface area contributed by atoms with Gasteiger partial charge in [0, 0.05) is 17.2 Å². The molecule has 0 bridgehead atoms. The summed E-state index contributed by atoms with van der Waals surface area (Å²) in [5.74, 6) is -0.389. The molecule has 1 atom stereocenters. The highest BCUT2D eigenvalue weighted by Gasteiger charge is 2.25. The summed E-state index contributed by atoms with van der Waals surface area (Å²) in [6, 6.07) is 14.8. The molecule has 0 radical (unpaired) electrons. The molecule has 2 aromatic carbocycles. The van der Waals surface area contributed by atoms with Crippen LogP contribution in [-0.2, 0) is 26.0 Å². The van der Waals surface area contributed by atoms with Gasteiger partial charge in [-0.25, -0.2) is 8.42 Å². The summed E-state index contributed by atoms with van der Waals surface area (Å²) in [6.45, 7) is 0.666. The summed E-state index contributed by atoms with van der Waals surface area (Å²) in [7, 11) is -2.28. The van der Waals surface area contributed by atoms with Crippen LogP contribution in [0.5, 0.6) is 0 Å².